The molecule has 2 N–H and O–H groups in total. The molecule has 224 valence electrons. The molecule has 0 aromatic heterocycles. The molecular formula is C31H29Cl2N3O6S. The van der Waals surface area contributed by atoms with Gasteiger partial charge >= 0.3 is 0 Å². The minimum Gasteiger partial charge on any atom is -0.493 e. The number of amides is 2. The molecule has 4 aromatic rings. The lowest BCUT2D eigenvalue weighted by molar-refractivity contribution is -0.114. The fourth-order valence-corrected chi connectivity index (χ4v) is 5.97. The lowest BCUT2D eigenvalue weighted by atomic mass is 10.1. The molecule has 4 aromatic carbocycles. The number of halogens is 2. The molecule has 0 unspecified atom stereocenters. The largest absolute Gasteiger partial charge is 0.493 e. The Balaban J connectivity index is 1.49. The maximum absolute atomic E-state index is 13.6. The monoisotopic (exact) mass is 641 g/mol. The van der Waals surface area contributed by atoms with Gasteiger partial charge in [-0.15, -0.1) is 0 Å². The van der Waals surface area contributed by atoms with Crippen molar-refractivity contribution in [2.45, 2.75) is 11.3 Å². The normalized spacial score (nSPS) is 11.0. The lowest BCUT2D eigenvalue weighted by Crippen LogP contribution is -2.38. The Hall–Kier alpha value is -4.25. The van der Waals surface area contributed by atoms with Crippen LogP contribution in [0.25, 0.3) is 0 Å². The summed E-state index contributed by atoms with van der Waals surface area (Å²) in [6.45, 7) is -0.265. The summed E-state index contributed by atoms with van der Waals surface area (Å²) in [4.78, 5) is 26.3. The van der Waals surface area contributed by atoms with E-state index in [-0.39, 0.29) is 21.8 Å². The smallest absolute Gasteiger partial charge is 0.264 e. The van der Waals surface area contributed by atoms with Crippen molar-refractivity contribution in [2.24, 2.45) is 0 Å². The van der Waals surface area contributed by atoms with Crippen molar-refractivity contribution in [3.8, 4) is 11.5 Å². The van der Waals surface area contributed by atoms with Crippen LogP contribution >= 0.6 is 23.2 Å². The third kappa shape index (κ3) is 7.98. The maximum Gasteiger partial charge on any atom is 0.264 e. The van der Waals surface area contributed by atoms with E-state index < -0.39 is 28.4 Å². The van der Waals surface area contributed by atoms with E-state index in [1.165, 1.54) is 36.4 Å². The second-order valence-corrected chi connectivity index (χ2v) is 12.0. The molecule has 0 aliphatic rings. The number of para-hydroxylation sites is 1. The van der Waals surface area contributed by atoms with Gasteiger partial charge in [-0.2, -0.15) is 0 Å². The van der Waals surface area contributed by atoms with E-state index in [1.807, 2.05) is 12.1 Å². The van der Waals surface area contributed by atoms with E-state index in [9.17, 15) is 18.0 Å². The third-order valence-electron chi connectivity index (χ3n) is 6.38. The quantitative estimate of drug-likeness (QED) is 0.202. The number of ether oxygens (including phenoxy) is 2. The van der Waals surface area contributed by atoms with E-state index in [4.69, 9.17) is 32.7 Å². The number of benzene rings is 4. The van der Waals surface area contributed by atoms with E-state index in [0.717, 1.165) is 9.87 Å². The van der Waals surface area contributed by atoms with Gasteiger partial charge in [-0.3, -0.25) is 13.9 Å². The Morgan fingerprint density at radius 1 is 0.814 bits per heavy atom. The number of nitrogens with zero attached hydrogens (tertiary/aromatic N) is 1. The Labute approximate surface area is 260 Å². The number of methoxy groups -OCH3 is 2. The van der Waals surface area contributed by atoms with Crippen LogP contribution < -0.4 is 24.4 Å². The summed E-state index contributed by atoms with van der Waals surface area (Å²) in [6.07, 6.45) is 0.526. The van der Waals surface area contributed by atoms with Crippen molar-refractivity contribution in [1.29, 1.82) is 0 Å². The number of rotatable bonds is 12. The molecule has 4 rings (SSSR count). The molecule has 0 fully saturated rings. The van der Waals surface area contributed by atoms with Gasteiger partial charge in [0, 0.05) is 16.6 Å². The van der Waals surface area contributed by atoms with Crippen molar-refractivity contribution < 1.29 is 27.5 Å². The second kappa shape index (κ2) is 14.3. The van der Waals surface area contributed by atoms with Crippen molar-refractivity contribution >= 4 is 56.4 Å². The highest BCUT2D eigenvalue weighted by Gasteiger charge is 2.28. The SMILES string of the molecule is COc1ccc(CCNC(=O)c2ccccc2NC(=O)CN(c2cccc(Cl)c2)S(=O)(=O)c2ccc(Cl)cc2)cc1OC. The van der Waals surface area contributed by atoms with Crippen molar-refractivity contribution in [1.82, 2.24) is 5.32 Å². The second-order valence-electron chi connectivity index (χ2n) is 9.23. The molecule has 0 heterocycles. The molecule has 0 atom stereocenters. The first-order valence-electron chi connectivity index (χ1n) is 13.0. The molecular weight excluding hydrogens is 613 g/mol. The first-order valence-corrected chi connectivity index (χ1v) is 15.2. The molecule has 9 nitrogen and oxygen atoms in total. The van der Waals surface area contributed by atoms with Crippen LogP contribution in [-0.4, -0.2) is 47.5 Å². The van der Waals surface area contributed by atoms with E-state index in [0.29, 0.717) is 34.5 Å². The van der Waals surface area contributed by atoms with Gasteiger partial charge in [-0.1, -0.05) is 47.5 Å². The van der Waals surface area contributed by atoms with Gasteiger partial charge in [-0.25, -0.2) is 8.42 Å². The first-order chi connectivity index (χ1) is 20.6. The van der Waals surface area contributed by atoms with Crippen LogP contribution in [0.4, 0.5) is 11.4 Å². The highest BCUT2D eigenvalue weighted by atomic mass is 35.5. The number of carbonyl (C=O) groups excluding carboxylic acids is 2. The molecule has 0 radical (unpaired) electrons. The van der Waals surface area contributed by atoms with E-state index >= 15 is 0 Å². The van der Waals surface area contributed by atoms with Gasteiger partial charge in [0.1, 0.15) is 6.54 Å². The van der Waals surface area contributed by atoms with Gasteiger partial charge in [-0.05, 0) is 78.7 Å². The Kier molecular flexibility index (Phi) is 10.5. The van der Waals surface area contributed by atoms with Gasteiger partial charge in [0.2, 0.25) is 5.91 Å². The average molecular weight is 643 g/mol. The Bertz CT molecular complexity index is 1720. The minimum absolute atomic E-state index is 0.0565. The molecule has 0 bridgehead atoms. The minimum atomic E-state index is -4.19. The first kappa shape index (κ1) is 31.7. The van der Waals surface area contributed by atoms with Gasteiger partial charge in [0.15, 0.2) is 11.5 Å². The Morgan fingerprint density at radius 2 is 1.53 bits per heavy atom. The van der Waals surface area contributed by atoms with Crippen molar-refractivity contribution in [2.75, 3.05) is 36.9 Å². The summed E-state index contributed by atoms with van der Waals surface area (Å²) >= 11 is 12.1. The maximum atomic E-state index is 13.6. The predicted molar refractivity (Wildman–Crippen MR) is 168 cm³/mol. The molecule has 2 amide bonds. The molecule has 43 heavy (non-hydrogen) atoms. The number of hydrogen-bond acceptors (Lipinski definition) is 6. The van der Waals surface area contributed by atoms with Crippen LogP contribution in [0.1, 0.15) is 15.9 Å². The lowest BCUT2D eigenvalue weighted by Gasteiger charge is -2.24. The summed E-state index contributed by atoms with van der Waals surface area (Å²) in [5.41, 5.74) is 1.57. The average Bonchev–Trinajstić information content (AvgIpc) is 3.00. The number of nitrogens with one attached hydrogen (secondary N) is 2. The van der Waals surface area contributed by atoms with Crippen molar-refractivity contribution in [3.63, 3.8) is 0 Å². The van der Waals surface area contributed by atoms with Gasteiger partial charge < -0.3 is 20.1 Å². The molecule has 0 aliphatic heterocycles. The summed E-state index contributed by atoms with van der Waals surface area (Å²) < 4.78 is 38.8. The summed E-state index contributed by atoms with van der Waals surface area (Å²) in [6, 6.07) is 23.7. The zero-order chi connectivity index (χ0) is 31.0. The molecule has 12 heteroatoms. The van der Waals surface area contributed by atoms with Crippen LogP contribution in [0.5, 0.6) is 11.5 Å². The topological polar surface area (TPSA) is 114 Å². The van der Waals surface area contributed by atoms with E-state index in [1.54, 1.807) is 56.7 Å². The van der Waals surface area contributed by atoms with Crippen LogP contribution in [0.3, 0.4) is 0 Å². The molecule has 0 spiro atoms. The van der Waals surface area contributed by atoms with Crippen LogP contribution in [-0.2, 0) is 21.2 Å². The highest BCUT2D eigenvalue weighted by molar-refractivity contribution is 7.92. The predicted octanol–water partition coefficient (Wildman–Crippen LogP) is 5.82. The zero-order valence-electron chi connectivity index (χ0n) is 23.3. The zero-order valence-corrected chi connectivity index (χ0v) is 25.7. The van der Waals surface area contributed by atoms with Crippen LogP contribution in [0.2, 0.25) is 10.0 Å². The van der Waals surface area contributed by atoms with E-state index in [2.05, 4.69) is 10.6 Å². The summed E-state index contributed by atoms with van der Waals surface area (Å²) in [5, 5.41) is 6.20. The highest BCUT2D eigenvalue weighted by Crippen LogP contribution is 2.29. The van der Waals surface area contributed by atoms with Crippen LogP contribution in [0, 0.1) is 0 Å². The van der Waals surface area contributed by atoms with Crippen LogP contribution in [0.15, 0.2) is 95.9 Å². The molecule has 0 saturated carbocycles. The third-order valence-corrected chi connectivity index (χ3v) is 8.65. The molecule has 0 saturated heterocycles. The van der Waals surface area contributed by atoms with Crippen molar-refractivity contribution in [3.05, 3.63) is 112 Å². The number of hydrogen-bond donors (Lipinski definition) is 2. The fraction of sp³-hybridized carbons (Fsp3) is 0.161. The Morgan fingerprint density at radius 3 is 2.23 bits per heavy atom. The summed E-state index contributed by atoms with van der Waals surface area (Å²) in [7, 11) is -1.08. The number of carbonyl (C=O) groups is 2. The fourth-order valence-electron chi connectivity index (χ4n) is 4.24. The van der Waals surface area contributed by atoms with Gasteiger partial charge in [0.05, 0.1) is 36.1 Å². The summed E-state index contributed by atoms with van der Waals surface area (Å²) in [5.74, 6) is 0.124. The number of anilines is 2. The molecule has 0 aliphatic carbocycles. The van der Waals surface area contributed by atoms with Gasteiger partial charge in [0.25, 0.3) is 15.9 Å². The number of sulfonamides is 1. The standard InChI is InChI=1S/C31H29Cl2N3O6S/c1-41-28-15-10-21(18-29(28)42-2)16-17-34-31(38)26-8-3-4-9-27(26)35-30(37)20-36(24-7-5-6-23(33)19-24)43(39,40)25-13-11-22(32)12-14-25/h3-15,18-19H,16-17,20H2,1-2H3,(H,34,38)(H,35,37).